The van der Waals surface area contributed by atoms with E-state index in [-0.39, 0.29) is 58.2 Å². The molecule has 24 heavy (non-hydrogen) atoms. The Morgan fingerprint density at radius 2 is 1.46 bits per heavy atom. The van der Waals surface area contributed by atoms with Crippen LogP contribution in [-0.2, 0) is 6.42 Å². The van der Waals surface area contributed by atoms with Crippen LogP contribution in [0.5, 0.6) is 0 Å². The van der Waals surface area contributed by atoms with E-state index in [1.54, 1.807) is 0 Å². The van der Waals surface area contributed by atoms with E-state index in [9.17, 15) is 0 Å². The summed E-state index contributed by atoms with van der Waals surface area (Å²) in [6.07, 6.45) is 8.27. The summed E-state index contributed by atoms with van der Waals surface area (Å²) in [6, 6.07) is 19.6. The van der Waals surface area contributed by atoms with E-state index >= 15 is 0 Å². The summed E-state index contributed by atoms with van der Waals surface area (Å²) in [6.45, 7) is 2.39. The number of hydrogen-bond donors (Lipinski definition) is 0. The molecule has 1 heteroatoms. The summed E-state index contributed by atoms with van der Waals surface area (Å²) >= 11 is 0. The first-order valence-corrected chi connectivity index (χ1v) is 8.86. The topological polar surface area (TPSA) is 0 Å². The molecule has 0 heterocycles. The molecule has 0 bridgehead atoms. The van der Waals surface area contributed by atoms with Crippen LogP contribution < -0.4 is 58.2 Å². The van der Waals surface area contributed by atoms with Gasteiger partial charge in [0.2, 0.25) is 0 Å². The van der Waals surface area contributed by atoms with Gasteiger partial charge in [-0.05, 0) is 42.4 Å². The average Bonchev–Trinajstić information content (AvgIpc) is 2.61. The monoisotopic (exact) mass is 386 g/mol. The molecule has 0 nitrogen and oxygen atoms in total. The molecule has 0 aliphatic heterocycles. The first-order chi connectivity index (χ1) is 11.3. The Kier molecular flexibility index (Phi) is 8.99. The fourth-order valence-corrected chi connectivity index (χ4v) is 3.36. The Labute approximate surface area is 196 Å². The van der Waals surface area contributed by atoms with E-state index in [4.69, 9.17) is 0 Å². The number of hydrogen-bond acceptors (Lipinski definition) is 0. The third-order valence-electron chi connectivity index (χ3n) is 5.00. The van der Waals surface area contributed by atoms with Gasteiger partial charge in [0.25, 0.3) is 0 Å². The third-order valence-corrected chi connectivity index (χ3v) is 5.00. The summed E-state index contributed by atoms with van der Waals surface area (Å²) < 4.78 is 0. The molecule has 2 aromatic carbocycles. The molecule has 1 aliphatic rings. The molecule has 0 amide bonds. The van der Waals surface area contributed by atoms with Crippen molar-refractivity contribution in [1.82, 2.24) is 0 Å². The zero-order valence-corrected chi connectivity index (χ0v) is 19.9. The molecule has 1 saturated carbocycles. The van der Waals surface area contributed by atoms with Crippen LogP contribution in [0.25, 0.3) is 0 Å². The van der Waals surface area contributed by atoms with Crippen LogP contribution >= 0.6 is 0 Å². The van der Waals surface area contributed by atoms with Crippen molar-refractivity contribution < 1.29 is 58.2 Å². The number of aryl methyl sites for hydroxylation is 1. The van der Waals surface area contributed by atoms with Crippen LogP contribution in [0.1, 0.15) is 55.7 Å². The van der Waals surface area contributed by atoms with Crippen molar-refractivity contribution in [2.45, 2.75) is 45.4 Å². The quantitative estimate of drug-likeness (QED) is 0.562. The van der Waals surface area contributed by atoms with Crippen LogP contribution in [0.4, 0.5) is 0 Å². The maximum Gasteiger partial charge on any atom is 1.00 e. The molecule has 0 radical (unpaired) electrons. The van der Waals surface area contributed by atoms with E-state index < -0.39 is 0 Å². The van der Waals surface area contributed by atoms with Crippen molar-refractivity contribution in [2.75, 3.05) is 0 Å². The van der Waals surface area contributed by atoms with Crippen molar-refractivity contribution in [3.05, 3.63) is 71.3 Å². The van der Waals surface area contributed by atoms with Crippen LogP contribution in [0.2, 0.25) is 0 Å². The summed E-state index contributed by atoms with van der Waals surface area (Å²) in [5, 5.41) is 0. The van der Waals surface area contributed by atoms with Gasteiger partial charge in [0.1, 0.15) is 0 Å². The van der Waals surface area contributed by atoms with Crippen LogP contribution in [-0.4, -0.2) is 0 Å². The molecular formula is C23H25Rb. The van der Waals surface area contributed by atoms with Gasteiger partial charge in [-0.1, -0.05) is 62.1 Å². The van der Waals surface area contributed by atoms with Gasteiger partial charge in [0.05, 0.1) is 0 Å². The molecule has 0 spiro atoms. The second-order valence-corrected chi connectivity index (χ2v) is 6.90. The zero-order chi connectivity index (χ0) is 15.9. The molecule has 3 rings (SSSR count). The Hall–Kier alpha value is -0.195. The summed E-state index contributed by atoms with van der Waals surface area (Å²) in [5.41, 5.74) is 3.58. The molecule has 0 saturated heterocycles. The molecule has 0 atom stereocenters. The largest absolute Gasteiger partial charge is 1.00 e. The number of rotatable bonds is 3. The van der Waals surface area contributed by atoms with Crippen molar-refractivity contribution in [3.8, 4) is 11.8 Å². The van der Waals surface area contributed by atoms with Gasteiger partial charge >= 0.3 is 58.2 Å². The summed E-state index contributed by atoms with van der Waals surface area (Å²) in [4.78, 5) is 0. The molecule has 0 N–H and O–H groups in total. The van der Waals surface area contributed by atoms with Crippen molar-refractivity contribution in [2.24, 2.45) is 11.8 Å². The smallest absolute Gasteiger partial charge is 0.184 e. The normalized spacial score (nSPS) is 19.7. The maximum atomic E-state index is 3.23. The minimum Gasteiger partial charge on any atom is -0.184 e. The van der Waals surface area contributed by atoms with Crippen molar-refractivity contribution >= 4 is 0 Å². The zero-order valence-electron chi connectivity index (χ0n) is 15.0. The van der Waals surface area contributed by atoms with Gasteiger partial charge in [-0.15, -0.1) is 0 Å². The van der Waals surface area contributed by atoms with Crippen molar-refractivity contribution in [3.63, 3.8) is 0 Å². The van der Waals surface area contributed by atoms with Crippen LogP contribution in [0.3, 0.4) is 0 Å². The third kappa shape index (κ3) is 6.60. The predicted octanol–water partition coefficient (Wildman–Crippen LogP) is 2.65. The molecular weight excluding hydrogens is 362 g/mol. The maximum absolute atomic E-state index is 3.23. The summed E-state index contributed by atoms with van der Waals surface area (Å²) in [7, 11) is 0. The van der Waals surface area contributed by atoms with Crippen LogP contribution in [0, 0.1) is 29.7 Å². The SMILES string of the molecule is CC1CCC(CCc2ccc(C#Cc3cc[c-]cc3)cc2)CC1.[Rb+]. The van der Waals surface area contributed by atoms with Gasteiger partial charge in [-0.3, -0.25) is 0 Å². The molecule has 1 fully saturated rings. The van der Waals surface area contributed by atoms with Crippen LogP contribution in [0.15, 0.2) is 48.5 Å². The predicted molar refractivity (Wildman–Crippen MR) is 97.1 cm³/mol. The van der Waals surface area contributed by atoms with E-state index in [2.05, 4.69) is 49.1 Å². The average molecular weight is 387 g/mol. The Bertz CT molecular complexity index is 653. The Balaban J connectivity index is 0.00000208. The van der Waals surface area contributed by atoms with Gasteiger partial charge in [0.15, 0.2) is 0 Å². The fourth-order valence-electron chi connectivity index (χ4n) is 3.36. The summed E-state index contributed by atoms with van der Waals surface area (Å²) in [5.74, 6) is 8.33. The molecule has 1 aliphatic carbocycles. The Morgan fingerprint density at radius 1 is 0.875 bits per heavy atom. The van der Waals surface area contributed by atoms with E-state index in [0.717, 1.165) is 23.0 Å². The van der Waals surface area contributed by atoms with Gasteiger partial charge in [-0.25, -0.2) is 0 Å². The minimum atomic E-state index is 0. The molecule has 2 aromatic rings. The van der Waals surface area contributed by atoms with Crippen molar-refractivity contribution in [1.29, 1.82) is 0 Å². The Morgan fingerprint density at radius 3 is 2.08 bits per heavy atom. The van der Waals surface area contributed by atoms with Gasteiger partial charge in [-0.2, -0.15) is 30.3 Å². The molecule has 0 unspecified atom stereocenters. The van der Waals surface area contributed by atoms with Gasteiger partial charge in [0, 0.05) is 5.56 Å². The standard InChI is InChI=1S/C23H25.Rb/c1-19-7-9-21(10-8-19)13-14-23-17-15-22(16-18-23)12-11-20-5-3-2-4-6-20;/h3-6,15-19,21H,7-10,13-14H2,1H3;/q-1;+1. The van der Waals surface area contributed by atoms with E-state index in [1.165, 1.54) is 44.1 Å². The fraction of sp³-hybridized carbons (Fsp3) is 0.391. The second-order valence-electron chi connectivity index (χ2n) is 6.90. The first kappa shape index (κ1) is 20.1. The minimum absolute atomic E-state index is 0. The molecule has 118 valence electrons. The van der Waals surface area contributed by atoms with Gasteiger partial charge < -0.3 is 0 Å². The second kappa shape index (κ2) is 10.7. The molecule has 0 aromatic heterocycles. The first-order valence-electron chi connectivity index (χ1n) is 8.86. The van der Waals surface area contributed by atoms with E-state index in [0.29, 0.717) is 0 Å². The number of benzene rings is 2. The van der Waals surface area contributed by atoms with E-state index in [1.807, 2.05) is 24.3 Å².